The van der Waals surface area contributed by atoms with E-state index in [9.17, 15) is 4.79 Å². The van der Waals surface area contributed by atoms with E-state index in [2.05, 4.69) is 5.32 Å². The molecule has 0 fully saturated rings. The second kappa shape index (κ2) is 6.59. The predicted molar refractivity (Wildman–Crippen MR) is 67.9 cm³/mol. The molecule has 1 amide bonds. The van der Waals surface area contributed by atoms with Gasteiger partial charge >= 0.3 is 0 Å². The fraction of sp³-hybridized carbons (Fsp3) is 0.417. The van der Waals surface area contributed by atoms with Crippen LogP contribution >= 0.6 is 11.6 Å². The highest BCUT2D eigenvalue weighted by Gasteiger charge is 2.18. The lowest BCUT2D eigenvalue weighted by molar-refractivity contribution is -0.131. The molecule has 0 saturated carbocycles. The van der Waals surface area contributed by atoms with E-state index < -0.39 is 6.10 Å². The van der Waals surface area contributed by atoms with Crippen LogP contribution in [0.3, 0.4) is 0 Å². The minimum atomic E-state index is -0.614. The fourth-order valence-electron chi connectivity index (χ4n) is 1.48. The summed E-state index contributed by atoms with van der Waals surface area (Å²) < 4.78 is 4.96. The molecule has 3 N–H and O–H groups in total. The summed E-state index contributed by atoms with van der Waals surface area (Å²) in [6.07, 6.45) is -0.614. The van der Waals surface area contributed by atoms with E-state index in [1.54, 1.807) is 6.07 Å². The van der Waals surface area contributed by atoms with Gasteiger partial charge in [0.2, 0.25) is 0 Å². The monoisotopic (exact) mass is 256 g/mol. The average Bonchev–Trinajstić information content (AvgIpc) is 2.30. The van der Waals surface area contributed by atoms with Crippen molar-refractivity contribution in [3.63, 3.8) is 0 Å². The van der Waals surface area contributed by atoms with Gasteiger partial charge in [-0.25, -0.2) is 0 Å². The molecular formula is C12H17ClN2O2. The molecule has 1 aromatic rings. The number of rotatable bonds is 5. The first-order valence-corrected chi connectivity index (χ1v) is 5.75. The summed E-state index contributed by atoms with van der Waals surface area (Å²) in [6, 6.07) is 7.22. The fourth-order valence-corrected chi connectivity index (χ4v) is 1.67. The summed E-state index contributed by atoms with van der Waals surface area (Å²) in [5.74, 6) is -0.220. The Bertz CT molecular complexity index is 381. The molecule has 2 atom stereocenters. The zero-order valence-electron chi connectivity index (χ0n) is 9.94. The second-order valence-corrected chi connectivity index (χ2v) is 4.18. The van der Waals surface area contributed by atoms with Crippen molar-refractivity contribution in [2.45, 2.75) is 19.1 Å². The van der Waals surface area contributed by atoms with Gasteiger partial charge < -0.3 is 15.8 Å². The maximum absolute atomic E-state index is 11.7. The van der Waals surface area contributed by atoms with Crippen LogP contribution in [0.15, 0.2) is 24.3 Å². The van der Waals surface area contributed by atoms with Gasteiger partial charge in [-0.15, -0.1) is 0 Å². The first kappa shape index (κ1) is 14.0. The van der Waals surface area contributed by atoms with E-state index in [0.29, 0.717) is 5.02 Å². The zero-order chi connectivity index (χ0) is 12.8. The molecule has 0 bridgehead atoms. The normalized spacial score (nSPS) is 14.1. The van der Waals surface area contributed by atoms with Crippen LogP contribution in [-0.4, -0.2) is 25.7 Å². The van der Waals surface area contributed by atoms with Crippen molar-refractivity contribution in [1.82, 2.24) is 5.32 Å². The number of amides is 1. The summed E-state index contributed by atoms with van der Waals surface area (Å²) >= 11 is 5.89. The molecule has 4 nitrogen and oxygen atoms in total. The molecule has 2 unspecified atom stereocenters. The summed E-state index contributed by atoms with van der Waals surface area (Å²) in [4.78, 5) is 11.7. The Balaban J connectivity index is 2.66. The Labute approximate surface area is 106 Å². The van der Waals surface area contributed by atoms with Crippen molar-refractivity contribution < 1.29 is 9.53 Å². The van der Waals surface area contributed by atoms with Crippen LogP contribution in [-0.2, 0) is 9.53 Å². The van der Waals surface area contributed by atoms with Crippen molar-refractivity contribution in [3.05, 3.63) is 34.9 Å². The standard InChI is InChI=1S/C12H17ClN2O2/c1-8(9-4-3-5-10(13)6-9)15-12(16)11(7-14)17-2/h3-6,8,11H,7,14H2,1-2H3,(H,15,16). The lowest BCUT2D eigenvalue weighted by atomic mass is 10.1. The van der Waals surface area contributed by atoms with E-state index >= 15 is 0 Å². The SMILES string of the molecule is COC(CN)C(=O)NC(C)c1cccc(Cl)c1. The minimum absolute atomic E-state index is 0.134. The van der Waals surface area contributed by atoms with Crippen LogP contribution in [0.25, 0.3) is 0 Å². The predicted octanol–water partition coefficient (Wildman–Crippen LogP) is 1.49. The molecule has 0 spiro atoms. The van der Waals surface area contributed by atoms with Gasteiger partial charge in [0, 0.05) is 18.7 Å². The largest absolute Gasteiger partial charge is 0.370 e. The molecule has 0 aliphatic heterocycles. The molecule has 1 aromatic carbocycles. The number of ether oxygens (including phenoxy) is 1. The molecule has 1 rings (SSSR count). The molecule has 0 aromatic heterocycles. The number of nitrogens with one attached hydrogen (secondary N) is 1. The lowest BCUT2D eigenvalue weighted by Gasteiger charge is -2.18. The first-order chi connectivity index (χ1) is 8.08. The first-order valence-electron chi connectivity index (χ1n) is 5.37. The zero-order valence-corrected chi connectivity index (χ0v) is 10.7. The third-order valence-corrected chi connectivity index (χ3v) is 2.73. The van der Waals surface area contributed by atoms with Gasteiger partial charge in [0.1, 0.15) is 6.10 Å². The van der Waals surface area contributed by atoms with Gasteiger partial charge in [0.15, 0.2) is 0 Å². The van der Waals surface area contributed by atoms with E-state index in [0.717, 1.165) is 5.56 Å². The summed E-state index contributed by atoms with van der Waals surface area (Å²) in [6.45, 7) is 2.04. The number of nitrogens with two attached hydrogens (primary N) is 1. The number of halogens is 1. The Morgan fingerprint density at radius 1 is 1.59 bits per heavy atom. The maximum atomic E-state index is 11.7. The van der Waals surface area contributed by atoms with E-state index in [1.807, 2.05) is 25.1 Å². The molecule has 0 radical (unpaired) electrons. The van der Waals surface area contributed by atoms with E-state index in [1.165, 1.54) is 7.11 Å². The Morgan fingerprint density at radius 2 is 2.29 bits per heavy atom. The molecule has 17 heavy (non-hydrogen) atoms. The number of benzene rings is 1. The quantitative estimate of drug-likeness (QED) is 0.839. The maximum Gasteiger partial charge on any atom is 0.250 e. The highest BCUT2D eigenvalue weighted by atomic mass is 35.5. The van der Waals surface area contributed by atoms with E-state index in [-0.39, 0.29) is 18.5 Å². The van der Waals surface area contributed by atoms with Gasteiger partial charge in [-0.2, -0.15) is 0 Å². The lowest BCUT2D eigenvalue weighted by Crippen LogP contribution is -2.41. The Hall–Kier alpha value is -1.10. The molecule has 0 saturated heterocycles. The van der Waals surface area contributed by atoms with Crippen LogP contribution < -0.4 is 11.1 Å². The molecule has 0 aliphatic carbocycles. The van der Waals surface area contributed by atoms with Gasteiger partial charge in [0.05, 0.1) is 6.04 Å². The van der Waals surface area contributed by atoms with Crippen LogP contribution in [0.1, 0.15) is 18.5 Å². The van der Waals surface area contributed by atoms with Gasteiger partial charge in [0.25, 0.3) is 5.91 Å². The number of hydrogen-bond acceptors (Lipinski definition) is 3. The number of carbonyl (C=O) groups is 1. The number of hydrogen-bond donors (Lipinski definition) is 2. The topological polar surface area (TPSA) is 64.3 Å². The Kier molecular flexibility index (Phi) is 5.41. The van der Waals surface area contributed by atoms with Crippen LogP contribution in [0.2, 0.25) is 5.02 Å². The van der Waals surface area contributed by atoms with Crippen LogP contribution in [0.4, 0.5) is 0 Å². The summed E-state index contributed by atoms with van der Waals surface area (Å²) in [5.41, 5.74) is 6.36. The van der Waals surface area contributed by atoms with Crippen molar-refractivity contribution in [3.8, 4) is 0 Å². The summed E-state index contributed by atoms with van der Waals surface area (Å²) in [7, 11) is 1.46. The molecule has 5 heteroatoms. The van der Waals surface area contributed by atoms with Gasteiger partial charge in [-0.3, -0.25) is 4.79 Å². The van der Waals surface area contributed by atoms with Crippen LogP contribution in [0.5, 0.6) is 0 Å². The molecule has 0 heterocycles. The minimum Gasteiger partial charge on any atom is -0.370 e. The molecular weight excluding hydrogens is 240 g/mol. The third-order valence-electron chi connectivity index (χ3n) is 2.50. The number of methoxy groups -OCH3 is 1. The Morgan fingerprint density at radius 3 is 2.82 bits per heavy atom. The van der Waals surface area contributed by atoms with Crippen LogP contribution in [0, 0.1) is 0 Å². The molecule has 0 aliphatic rings. The van der Waals surface area contributed by atoms with Crippen molar-refractivity contribution in [2.75, 3.05) is 13.7 Å². The van der Waals surface area contributed by atoms with Crippen molar-refractivity contribution in [1.29, 1.82) is 0 Å². The van der Waals surface area contributed by atoms with Gasteiger partial charge in [-0.1, -0.05) is 23.7 Å². The summed E-state index contributed by atoms with van der Waals surface area (Å²) in [5, 5.41) is 3.47. The highest BCUT2D eigenvalue weighted by Crippen LogP contribution is 2.17. The average molecular weight is 257 g/mol. The second-order valence-electron chi connectivity index (χ2n) is 3.75. The van der Waals surface area contributed by atoms with Gasteiger partial charge in [-0.05, 0) is 24.6 Å². The van der Waals surface area contributed by atoms with Crippen molar-refractivity contribution in [2.24, 2.45) is 5.73 Å². The highest BCUT2D eigenvalue weighted by molar-refractivity contribution is 6.30. The smallest absolute Gasteiger partial charge is 0.250 e. The molecule has 94 valence electrons. The number of carbonyl (C=O) groups excluding carboxylic acids is 1. The van der Waals surface area contributed by atoms with E-state index in [4.69, 9.17) is 22.1 Å². The third kappa shape index (κ3) is 4.00. The van der Waals surface area contributed by atoms with Crippen molar-refractivity contribution >= 4 is 17.5 Å².